The number of unbranched alkanes of at least 4 members (excludes halogenated alkanes) is 5. The highest BCUT2D eigenvalue weighted by Gasteiger charge is 2.16. The van der Waals surface area contributed by atoms with Crippen LogP contribution < -0.4 is 0 Å². The van der Waals surface area contributed by atoms with Gasteiger partial charge in [0.25, 0.3) is 0 Å². The van der Waals surface area contributed by atoms with E-state index in [0.717, 1.165) is 11.2 Å². The summed E-state index contributed by atoms with van der Waals surface area (Å²) < 4.78 is 6.92. The maximum Gasteiger partial charge on any atom is 0.183 e. The van der Waals surface area contributed by atoms with Crippen LogP contribution in [0.4, 0.5) is 0 Å². The summed E-state index contributed by atoms with van der Waals surface area (Å²) in [5.74, 6) is 0. The van der Waals surface area contributed by atoms with Crippen LogP contribution in [0.25, 0.3) is 0 Å². The number of hydrogen-bond donors (Lipinski definition) is 0. The van der Waals surface area contributed by atoms with Crippen LogP contribution in [0.2, 0.25) is 0 Å². The Morgan fingerprint density at radius 3 is 2.11 bits per heavy atom. The molecule has 0 radical (unpaired) electrons. The van der Waals surface area contributed by atoms with Crippen LogP contribution in [-0.2, 0) is 4.74 Å². The minimum Gasteiger partial charge on any atom is -0.329 e. The van der Waals surface area contributed by atoms with Gasteiger partial charge >= 0.3 is 0 Å². The third-order valence-electron chi connectivity index (χ3n) is 3.52. The molecule has 0 saturated carbocycles. The zero-order valence-corrected chi connectivity index (χ0v) is 13.5. The molecule has 2 nitrogen and oxygen atoms in total. The molecule has 0 spiro atoms. The Kier molecular flexibility index (Phi) is 10.8. The number of quaternary nitrogens is 1. The fourth-order valence-corrected chi connectivity index (χ4v) is 2.20. The van der Waals surface area contributed by atoms with E-state index < -0.39 is 0 Å². The average molecular weight is 258 g/mol. The van der Waals surface area contributed by atoms with E-state index >= 15 is 0 Å². The fraction of sp³-hybridized carbons (Fsp3) is 1.00. The molecule has 2 heteroatoms. The van der Waals surface area contributed by atoms with Crippen LogP contribution in [0.5, 0.6) is 0 Å². The number of rotatable bonds is 12. The molecule has 0 heterocycles. The van der Waals surface area contributed by atoms with Gasteiger partial charge in [0, 0.05) is 0 Å². The zero-order valence-electron chi connectivity index (χ0n) is 13.5. The van der Waals surface area contributed by atoms with E-state index in [-0.39, 0.29) is 0 Å². The van der Waals surface area contributed by atoms with Crippen molar-refractivity contribution in [3.8, 4) is 0 Å². The lowest BCUT2D eigenvalue weighted by atomic mass is 10.1. The van der Waals surface area contributed by atoms with Gasteiger partial charge < -0.3 is 9.22 Å². The molecule has 0 amide bonds. The maximum atomic E-state index is 5.91. The predicted octanol–water partition coefficient (Wildman–Crippen LogP) is 4.59. The molecular formula is C16H36NO+. The first-order valence-corrected chi connectivity index (χ1v) is 7.95. The molecule has 0 rings (SSSR count). The molecule has 0 aliphatic carbocycles. The van der Waals surface area contributed by atoms with Gasteiger partial charge in [0.1, 0.15) is 0 Å². The summed E-state index contributed by atoms with van der Waals surface area (Å²) in [4.78, 5) is 0. The number of nitrogens with zero attached hydrogens (tertiary/aromatic N) is 1. The van der Waals surface area contributed by atoms with E-state index in [1.54, 1.807) is 0 Å². The van der Waals surface area contributed by atoms with Gasteiger partial charge in [0.15, 0.2) is 6.73 Å². The van der Waals surface area contributed by atoms with Crippen molar-refractivity contribution in [2.24, 2.45) is 0 Å². The minimum absolute atomic E-state index is 0.414. The third-order valence-corrected chi connectivity index (χ3v) is 3.52. The first-order chi connectivity index (χ1) is 8.52. The van der Waals surface area contributed by atoms with Crippen LogP contribution in [0, 0.1) is 0 Å². The fourth-order valence-electron chi connectivity index (χ4n) is 2.20. The van der Waals surface area contributed by atoms with Gasteiger partial charge in [-0.25, -0.2) is 0 Å². The van der Waals surface area contributed by atoms with E-state index in [4.69, 9.17) is 4.74 Å². The molecule has 0 aromatic rings. The third kappa shape index (κ3) is 11.0. The topological polar surface area (TPSA) is 9.23 Å². The summed E-state index contributed by atoms with van der Waals surface area (Å²) in [6.45, 7) is 8.78. The maximum absolute atomic E-state index is 5.91. The van der Waals surface area contributed by atoms with Crippen molar-refractivity contribution in [3.63, 3.8) is 0 Å². The summed E-state index contributed by atoms with van der Waals surface area (Å²) in [5.41, 5.74) is 0. The van der Waals surface area contributed by atoms with Crippen LogP contribution in [-0.4, -0.2) is 38.0 Å². The molecule has 1 atom stereocenters. The summed E-state index contributed by atoms with van der Waals surface area (Å²) in [6.07, 6.45) is 11.1. The Hall–Kier alpha value is -0.0800. The monoisotopic (exact) mass is 258 g/mol. The molecule has 110 valence electrons. The van der Waals surface area contributed by atoms with Gasteiger partial charge in [0.05, 0.1) is 26.7 Å². The standard InChI is InChI=1S/C16H36NO/c1-6-8-9-10-11-12-14-17(4,5)15-18-16(3)13-7-2/h16H,6-15H2,1-5H3/q+1. The van der Waals surface area contributed by atoms with Gasteiger partial charge in [-0.1, -0.05) is 46.0 Å². The normalized spacial score (nSPS) is 13.8. The van der Waals surface area contributed by atoms with Crippen molar-refractivity contribution in [2.45, 2.75) is 78.2 Å². The Labute approximate surface area is 115 Å². The van der Waals surface area contributed by atoms with E-state index in [0.29, 0.717) is 6.10 Å². The van der Waals surface area contributed by atoms with Crippen LogP contribution >= 0.6 is 0 Å². The SMILES string of the molecule is CCCCCCCC[N+](C)(C)COC(C)CCC. The Balaban J connectivity index is 3.54. The molecule has 0 aromatic heterocycles. The summed E-state index contributed by atoms with van der Waals surface area (Å²) in [6, 6.07) is 0. The van der Waals surface area contributed by atoms with Crippen LogP contribution in [0.15, 0.2) is 0 Å². The van der Waals surface area contributed by atoms with E-state index in [9.17, 15) is 0 Å². The molecule has 0 fully saturated rings. The quantitative estimate of drug-likeness (QED) is 0.283. The van der Waals surface area contributed by atoms with Crippen molar-refractivity contribution >= 4 is 0 Å². The predicted molar refractivity (Wildman–Crippen MR) is 80.7 cm³/mol. The molecule has 0 aliphatic rings. The minimum atomic E-state index is 0.414. The lowest BCUT2D eigenvalue weighted by molar-refractivity contribution is -0.910. The summed E-state index contributed by atoms with van der Waals surface area (Å²) in [5, 5.41) is 0. The second-order valence-electron chi connectivity index (χ2n) is 6.32. The molecule has 0 saturated heterocycles. The van der Waals surface area contributed by atoms with Gasteiger partial charge in [0.2, 0.25) is 0 Å². The van der Waals surface area contributed by atoms with E-state index in [2.05, 4.69) is 34.9 Å². The lowest BCUT2D eigenvalue weighted by Crippen LogP contribution is -2.43. The molecule has 0 bridgehead atoms. The molecule has 18 heavy (non-hydrogen) atoms. The Morgan fingerprint density at radius 2 is 1.50 bits per heavy atom. The number of ether oxygens (including phenoxy) is 1. The summed E-state index contributed by atoms with van der Waals surface area (Å²) >= 11 is 0. The highest BCUT2D eigenvalue weighted by molar-refractivity contribution is 4.46. The molecule has 0 aromatic carbocycles. The van der Waals surface area contributed by atoms with Crippen LogP contribution in [0.1, 0.15) is 72.1 Å². The number of hydrogen-bond acceptors (Lipinski definition) is 1. The largest absolute Gasteiger partial charge is 0.329 e. The highest BCUT2D eigenvalue weighted by atomic mass is 16.5. The molecular weight excluding hydrogens is 222 g/mol. The van der Waals surface area contributed by atoms with Crippen molar-refractivity contribution < 1.29 is 9.22 Å². The zero-order chi connectivity index (χ0) is 13.9. The molecule has 1 unspecified atom stereocenters. The van der Waals surface area contributed by atoms with Gasteiger partial charge in [-0.15, -0.1) is 0 Å². The van der Waals surface area contributed by atoms with Crippen molar-refractivity contribution in [3.05, 3.63) is 0 Å². The Bertz CT molecular complexity index is 180. The van der Waals surface area contributed by atoms with E-state index in [1.807, 2.05) is 0 Å². The van der Waals surface area contributed by atoms with Crippen molar-refractivity contribution in [1.29, 1.82) is 0 Å². The summed E-state index contributed by atoms with van der Waals surface area (Å²) in [7, 11) is 4.56. The smallest absolute Gasteiger partial charge is 0.183 e. The van der Waals surface area contributed by atoms with E-state index in [1.165, 1.54) is 57.9 Å². The molecule has 0 aliphatic heterocycles. The van der Waals surface area contributed by atoms with Crippen molar-refractivity contribution in [1.82, 2.24) is 0 Å². The lowest BCUT2D eigenvalue weighted by Gasteiger charge is -2.30. The second-order valence-corrected chi connectivity index (χ2v) is 6.32. The van der Waals surface area contributed by atoms with Gasteiger partial charge in [-0.3, -0.25) is 0 Å². The first kappa shape index (κ1) is 17.9. The van der Waals surface area contributed by atoms with Gasteiger partial charge in [-0.2, -0.15) is 0 Å². The van der Waals surface area contributed by atoms with Gasteiger partial charge in [-0.05, 0) is 26.2 Å². The van der Waals surface area contributed by atoms with Crippen molar-refractivity contribution in [2.75, 3.05) is 27.4 Å². The second kappa shape index (κ2) is 10.8. The first-order valence-electron chi connectivity index (χ1n) is 7.95. The average Bonchev–Trinajstić information content (AvgIpc) is 2.32. The van der Waals surface area contributed by atoms with Crippen LogP contribution in [0.3, 0.4) is 0 Å². The Morgan fingerprint density at radius 1 is 0.889 bits per heavy atom. The highest BCUT2D eigenvalue weighted by Crippen LogP contribution is 2.10. The molecule has 0 N–H and O–H groups in total.